The zero-order valence-corrected chi connectivity index (χ0v) is 13.3. The van der Waals surface area contributed by atoms with Gasteiger partial charge in [0.2, 0.25) is 0 Å². The van der Waals surface area contributed by atoms with Crippen molar-refractivity contribution in [2.75, 3.05) is 0 Å². The Labute approximate surface area is 128 Å². The third kappa shape index (κ3) is 3.62. The van der Waals surface area contributed by atoms with E-state index in [1.807, 2.05) is 30.3 Å². The normalized spacial score (nSPS) is 12.7. The zero-order valence-electron chi connectivity index (χ0n) is 8.59. The number of alkyl halides is 1. The second-order valence-corrected chi connectivity index (χ2v) is 7.23. The van der Waals surface area contributed by atoms with E-state index in [-0.39, 0.29) is 4.83 Å². The van der Waals surface area contributed by atoms with Crippen LogP contribution in [0.15, 0.2) is 30.3 Å². The summed E-state index contributed by atoms with van der Waals surface area (Å²) in [6.07, 6.45) is 0.855. The molecule has 17 heavy (non-hydrogen) atoms. The van der Waals surface area contributed by atoms with Crippen molar-refractivity contribution in [3.63, 3.8) is 0 Å². The van der Waals surface area contributed by atoms with E-state index in [1.54, 1.807) is 11.3 Å². The summed E-state index contributed by atoms with van der Waals surface area (Å²) >= 11 is 23.0. The average molecular weight is 371 g/mol. The molecule has 1 heterocycles. The number of halogens is 4. The lowest BCUT2D eigenvalue weighted by Crippen LogP contribution is -1.92. The van der Waals surface area contributed by atoms with Crippen LogP contribution in [0.25, 0.3) is 0 Å². The molecule has 0 amide bonds. The molecule has 0 fully saturated rings. The van der Waals surface area contributed by atoms with E-state index in [9.17, 15) is 0 Å². The highest BCUT2D eigenvalue weighted by atomic mass is 79.9. The molecule has 1 aromatic heterocycles. The van der Waals surface area contributed by atoms with Gasteiger partial charge < -0.3 is 0 Å². The maximum Gasteiger partial charge on any atom is 0.0931 e. The predicted molar refractivity (Wildman–Crippen MR) is 81.2 cm³/mol. The van der Waals surface area contributed by atoms with Crippen molar-refractivity contribution >= 4 is 62.1 Å². The van der Waals surface area contributed by atoms with Crippen molar-refractivity contribution < 1.29 is 0 Å². The maximum absolute atomic E-state index is 5.98. The van der Waals surface area contributed by atoms with Crippen molar-refractivity contribution in [2.24, 2.45) is 0 Å². The smallest absolute Gasteiger partial charge is 0.0931 e. The van der Waals surface area contributed by atoms with Gasteiger partial charge in [-0.15, -0.1) is 11.3 Å². The summed E-state index contributed by atoms with van der Waals surface area (Å²) in [5, 5.41) is 1.17. The van der Waals surface area contributed by atoms with Gasteiger partial charge in [-0.1, -0.05) is 56.8 Å². The van der Waals surface area contributed by atoms with Crippen LogP contribution in [-0.4, -0.2) is 0 Å². The number of thiophene rings is 1. The van der Waals surface area contributed by atoms with Gasteiger partial charge in [0.15, 0.2) is 0 Å². The summed E-state index contributed by atoms with van der Waals surface area (Å²) in [5.41, 5.74) is 1.14. The van der Waals surface area contributed by atoms with Crippen molar-refractivity contribution in [3.8, 4) is 0 Å². The van der Waals surface area contributed by atoms with E-state index in [2.05, 4.69) is 15.9 Å². The topological polar surface area (TPSA) is 0 Å². The van der Waals surface area contributed by atoms with Crippen molar-refractivity contribution in [2.45, 2.75) is 11.2 Å². The van der Waals surface area contributed by atoms with Crippen molar-refractivity contribution in [3.05, 3.63) is 55.2 Å². The molecule has 1 unspecified atom stereocenters. The van der Waals surface area contributed by atoms with Crippen molar-refractivity contribution in [1.82, 2.24) is 0 Å². The first-order chi connectivity index (χ1) is 8.06. The lowest BCUT2D eigenvalue weighted by Gasteiger charge is -2.08. The Hall–Kier alpha value is 0.270. The minimum absolute atomic E-state index is 0.247. The van der Waals surface area contributed by atoms with Gasteiger partial charge in [0.05, 0.1) is 19.2 Å². The Balaban J connectivity index is 2.12. The zero-order chi connectivity index (χ0) is 12.4. The molecule has 90 valence electrons. The van der Waals surface area contributed by atoms with Gasteiger partial charge in [0, 0.05) is 4.88 Å². The molecule has 1 atom stereocenters. The van der Waals surface area contributed by atoms with Gasteiger partial charge in [0.25, 0.3) is 0 Å². The minimum atomic E-state index is 0.247. The first kappa shape index (κ1) is 13.7. The van der Waals surface area contributed by atoms with Crippen LogP contribution in [0.4, 0.5) is 0 Å². The number of benzene rings is 1. The molecule has 0 N–H and O–H groups in total. The van der Waals surface area contributed by atoms with E-state index in [1.165, 1.54) is 4.88 Å². The molecule has 0 aliphatic heterocycles. The first-order valence-electron chi connectivity index (χ1n) is 4.89. The molecule has 0 nitrogen and oxygen atoms in total. The lowest BCUT2D eigenvalue weighted by molar-refractivity contribution is 0.970. The summed E-state index contributed by atoms with van der Waals surface area (Å²) in [6.45, 7) is 0. The fourth-order valence-corrected chi connectivity index (χ4v) is 3.64. The molecule has 0 aliphatic rings. The molecule has 0 bridgehead atoms. The third-order valence-electron chi connectivity index (χ3n) is 2.30. The predicted octanol–water partition coefficient (Wildman–Crippen LogP) is 6.39. The Bertz CT molecular complexity index is 524. The Morgan fingerprint density at radius 3 is 2.41 bits per heavy atom. The van der Waals surface area contributed by atoms with Gasteiger partial charge >= 0.3 is 0 Å². The Morgan fingerprint density at radius 1 is 1.06 bits per heavy atom. The molecule has 1 aromatic carbocycles. The molecule has 0 aliphatic carbocycles. The van der Waals surface area contributed by atoms with Gasteiger partial charge in [-0.2, -0.15) is 0 Å². The summed E-state index contributed by atoms with van der Waals surface area (Å²) in [6, 6.07) is 9.64. The largest absolute Gasteiger partial charge is 0.127 e. The van der Waals surface area contributed by atoms with Gasteiger partial charge in [-0.3, -0.25) is 0 Å². The highest BCUT2D eigenvalue weighted by molar-refractivity contribution is 9.09. The maximum atomic E-state index is 5.98. The molecule has 0 saturated heterocycles. The van der Waals surface area contributed by atoms with Crippen LogP contribution in [0.3, 0.4) is 0 Å². The lowest BCUT2D eigenvalue weighted by atomic mass is 10.1. The number of hydrogen-bond donors (Lipinski definition) is 0. The summed E-state index contributed by atoms with van der Waals surface area (Å²) in [4.78, 5) is 1.46. The van der Waals surface area contributed by atoms with Crippen LogP contribution in [0.5, 0.6) is 0 Å². The minimum Gasteiger partial charge on any atom is -0.127 e. The van der Waals surface area contributed by atoms with E-state index < -0.39 is 0 Å². The van der Waals surface area contributed by atoms with Crippen molar-refractivity contribution in [1.29, 1.82) is 0 Å². The molecule has 0 spiro atoms. The fourth-order valence-electron chi connectivity index (χ4n) is 1.47. The molecule has 0 saturated carbocycles. The Morgan fingerprint density at radius 2 is 1.82 bits per heavy atom. The summed E-state index contributed by atoms with van der Waals surface area (Å²) < 4.78 is 0.804. The van der Waals surface area contributed by atoms with Gasteiger partial charge in [0.1, 0.15) is 0 Å². The second-order valence-electron chi connectivity index (χ2n) is 3.56. The monoisotopic (exact) mass is 368 g/mol. The average Bonchev–Trinajstić information content (AvgIpc) is 2.70. The first-order valence-corrected chi connectivity index (χ1v) is 7.76. The SMILES string of the molecule is Clc1ccc(C(Br)Cc2ccc(Cl)c(Cl)c2)s1. The summed E-state index contributed by atoms with van der Waals surface area (Å²) in [7, 11) is 0. The Kier molecular flexibility index (Phi) is 4.79. The van der Waals surface area contributed by atoms with Gasteiger partial charge in [-0.25, -0.2) is 0 Å². The fraction of sp³-hybridized carbons (Fsp3) is 0.167. The second kappa shape index (κ2) is 5.94. The quantitative estimate of drug-likeness (QED) is 0.549. The summed E-state index contributed by atoms with van der Waals surface area (Å²) in [5.74, 6) is 0. The highest BCUT2D eigenvalue weighted by Crippen LogP contribution is 2.35. The molecule has 2 aromatic rings. The van der Waals surface area contributed by atoms with E-state index in [0.29, 0.717) is 10.0 Å². The van der Waals surface area contributed by atoms with Crippen LogP contribution < -0.4 is 0 Å². The van der Waals surface area contributed by atoms with Crippen LogP contribution in [0, 0.1) is 0 Å². The molecular formula is C12H8BrCl3S. The van der Waals surface area contributed by atoms with Crippen LogP contribution in [0.1, 0.15) is 15.3 Å². The molecular weight excluding hydrogens is 362 g/mol. The van der Waals surface area contributed by atoms with E-state index in [0.717, 1.165) is 16.3 Å². The van der Waals surface area contributed by atoms with E-state index in [4.69, 9.17) is 34.8 Å². The van der Waals surface area contributed by atoms with Crippen LogP contribution >= 0.6 is 62.1 Å². The number of rotatable bonds is 3. The molecule has 5 heteroatoms. The van der Waals surface area contributed by atoms with E-state index >= 15 is 0 Å². The van der Waals surface area contributed by atoms with Crippen LogP contribution in [0.2, 0.25) is 14.4 Å². The molecule has 2 rings (SSSR count). The van der Waals surface area contributed by atoms with Gasteiger partial charge in [-0.05, 0) is 36.2 Å². The number of hydrogen-bond acceptors (Lipinski definition) is 1. The molecule has 0 radical (unpaired) electrons. The standard InChI is InChI=1S/C12H8BrCl3S/c13-8(11-3-4-12(16)17-11)5-7-1-2-9(14)10(15)6-7/h1-4,6,8H,5H2. The highest BCUT2D eigenvalue weighted by Gasteiger charge is 2.11. The third-order valence-corrected chi connectivity index (χ3v) is 5.51. The van der Waals surface area contributed by atoms with Crippen LogP contribution in [-0.2, 0) is 6.42 Å².